The fourth-order valence-electron chi connectivity index (χ4n) is 1.53. The zero-order valence-corrected chi connectivity index (χ0v) is 11.1. The van der Waals surface area contributed by atoms with Crippen LogP contribution in [0, 0.1) is 6.92 Å². The second-order valence-corrected chi connectivity index (χ2v) is 5.03. The van der Waals surface area contributed by atoms with Crippen molar-refractivity contribution in [3.8, 4) is 5.75 Å². The molecule has 0 aliphatic rings. The van der Waals surface area contributed by atoms with Crippen LogP contribution in [0.4, 0.5) is 5.13 Å². The van der Waals surface area contributed by atoms with Crippen LogP contribution in [-0.4, -0.2) is 18.5 Å². The molecule has 0 saturated heterocycles. The largest absolute Gasteiger partial charge is 0.495 e. The van der Waals surface area contributed by atoms with Gasteiger partial charge >= 0.3 is 0 Å². The summed E-state index contributed by atoms with van der Waals surface area (Å²) in [6.45, 7) is 1.94. The van der Waals surface area contributed by atoms with Crippen molar-refractivity contribution in [2.24, 2.45) is 0 Å². The van der Waals surface area contributed by atoms with Crippen LogP contribution in [0.2, 0.25) is 0 Å². The molecule has 1 aromatic carbocycles. The Hall–Kier alpha value is -1.14. The van der Waals surface area contributed by atoms with Gasteiger partial charge in [0.25, 0.3) is 0 Å². The van der Waals surface area contributed by atoms with Crippen LogP contribution >= 0.6 is 27.3 Å². The molecule has 1 N–H and O–H groups in total. The maximum Gasteiger partial charge on any atom is 0.213 e. The van der Waals surface area contributed by atoms with E-state index in [1.807, 2.05) is 13.0 Å². The van der Waals surface area contributed by atoms with Crippen molar-refractivity contribution < 1.29 is 9.53 Å². The number of hydrogen-bond donors (Lipinski definition) is 1. The molecule has 0 aliphatic carbocycles. The average Bonchev–Trinajstić information content (AvgIpc) is 2.62. The number of thiazole rings is 1. The minimum atomic E-state index is 0.591. The Labute approximate surface area is 105 Å². The lowest BCUT2D eigenvalue weighted by Gasteiger charge is -2.06. The molecule has 1 heterocycles. The maximum atomic E-state index is 10.3. The molecule has 4 nitrogen and oxygen atoms in total. The second-order valence-electron chi connectivity index (χ2n) is 3.14. The van der Waals surface area contributed by atoms with Gasteiger partial charge in [0, 0.05) is 5.56 Å². The summed E-state index contributed by atoms with van der Waals surface area (Å²) in [5, 5.41) is 3.14. The Balaban J connectivity index is 2.68. The number of fused-ring (bicyclic) bond motifs is 1. The Morgan fingerprint density at radius 2 is 2.38 bits per heavy atom. The van der Waals surface area contributed by atoms with Gasteiger partial charge in [-0.15, -0.1) is 0 Å². The van der Waals surface area contributed by atoms with Crippen LogP contribution in [-0.2, 0) is 4.79 Å². The minimum absolute atomic E-state index is 0.591. The molecule has 84 valence electrons. The Morgan fingerprint density at radius 1 is 1.62 bits per heavy atom. The van der Waals surface area contributed by atoms with Gasteiger partial charge in [-0.1, -0.05) is 11.3 Å². The molecule has 0 bridgehead atoms. The summed E-state index contributed by atoms with van der Waals surface area (Å²) in [4.78, 5) is 14.7. The molecule has 2 aromatic rings. The third-order valence-electron chi connectivity index (χ3n) is 2.21. The van der Waals surface area contributed by atoms with Crippen LogP contribution in [0.1, 0.15) is 5.56 Å². The van der Waals surface area contributed by atoms with Crippen LogP contribution in [0.5, 0.6) is 5.75 Å². The number of benzene rings is 1. The number of rotatable bonds is 3. The predicted octanol–water partition coefficient (Wildman–Crippen LogP) is 2.94. The fourth-order valence-corrected chi connectivity index (χ4v) is 3.29. The highest BCUT2D eigenvalue weighted by molar-refractivity contribution is 9.10. The first-order valence-electron chi connectivity index (χ1n) is 4.51. The number of carbonyl (C=O) groups excluding carboxylic acids is 1. The van der Waals surface area contributed by atoms with E-state index in [0.717, 1.165) is 26.0 Å². The Kier molecular flexibility index (Phi) is 3.11. The summed E-state index contributed by atoms with van der Waals surface area (Å²) < 4.78 is 7.18. The molecule has 1 amide bonds. The number of nitrogens with one attached hydrogen (secondary N) is 1. The number of anilines is 1. The summed E-state index contributed by atoms with van der Waals surface area (Å²) in [5.41, 5.74) is 1.82. The van der Waals surface area contributed by atoms with E-state index in [9.17, 15) is 4.79 Å². The van der Waals surface area contributed by atoms with Crippen molar-refractivity contribution in [3.05, 3.63) is 16.1 Å². The van der Waals surface area contributed by atoms with Crippen molar-refractivity contribution in [1.29, 1.82) is 0 Å². The molecule has 0 unspecified atom stereocenters. The van der Waals surface area contributed by atoms with Crippen molar-refractivity contribution >= 4 is 49.0 Å². The molecule has 0 spiro atoms. The number of halogens is 1. The number of carbonyl (C=O) groups is 1. The van der Waals surface area contributed by atoms with E-state index in [0.29, 0.717) is 11.5 Å². The maximum absolute atomic E-state index is 10.3. The van der Waals surface area contributed by atoms with E-state index in [4.69, 9.17) is 4.74 Å². The topological polar surface area (TPSA) is 51.2 Å². The Morgan fingerprint density at radius 3 is 3.00 bits per heavy atom. The third kappa shape index (κ3) is 1.78. The van der Waals surface area contributed by atoms with Gasteiger partial charge in [-0.2, -0.15) is 0 Å². The number of methoxy groups -OCH3 is 1. The molecule has 16 heavy (non-hydrogen) atoms. The highest BCUT2D eigenvalue weighted by Gasteiger charge is 2.13. The van der Waals surface area contributed by atoms with E-state index in [2.05, 4.69) is 26.2 Å². The first-order valence-corrected chi connectivity index (χ1v) is 6.12. The smallest absolute Gasteiger partial charge is 0.213 e. The van der Waals surface area contributed by atoms with Gasteiger partial charge in [-0.25, -0.2) is 4.98 Å². The summed E-state index contributed by atoms with van der Waals surface area (Å²) in [6.07, 6.45) is 0.624. The van der Waals surface area contributed by atoms with E-state index < -0.39 is 0 Å². The summed E-state index contributed by atoms with van der Waals surface area (Å²) in [7, 11) is 1.62. The normalized spacial score (nSPS) is 10.4. The highest BCUT2D eigenvalue weighted by Crippen LogP contribution is 2.38. The van der Waals surface area contributed by atoms with E-state index >= 15 is 0 Å². The summed E-state index contributed by atoms with van der Waals surface area (Å²) >= 11 is 4.87. The number of nitrogens with zero attached hydrogens (tertiary/aromatic N) is 1. The lowest BCUT2D eigenvalue weighted by Crippen LogP contribution is -1.92. The standard InChI is InChI=1S/C10H9BrN2O2S/c1-5-8-7(3-6(11)9(5)15-2)16-10(13-8)12-4-14/h3-4H,1-2H3,(H,12,13,14). The van der Waals surface area contributed by atoms with Crippen molar-refractivity contribution in [1.82, 2.24) is 4.98 Å². The number of ether oxygens (including phenoxy) is 1. The molecular weight excluding hydrogens is 292 g/mol. The molecule has 0 radical (unpaired) electrons. The lowest BCUT2D eigenvalue weighted by molar-refractivity contribution is -0.105. The van der Waals surface area contributed by atoms with Crippen molar-refractivity contribution in [2.75, 3.05) is 12.4 Å². The number of aryl methyl sites for hydroxylation is 1. The fraction of sp³-hybridized carbons (Fsp3) is 0.200. The van der Waals surface area contributed by atoms with Gasteiger partial charge in [0.1, 0.15) is 5.75 Å². The van der Waals surface area contributed by atoms with Gasteiger partial charge in [-0.05, 0) is 28.9 Å². The zero-order chi connectivity index (χ0) is 11.7. The van der Waals surface area contributed by atoms with Gasteiger partial charge in [0.2, 0.25) is 6.41 Å². The van der Waals surface area contributed by atoms with Gasteiger partial charge in [0.05, 0.1) is 21.8 Å². The third-order valence-corrected chi connectivity index (χ3v) is 3.73. The molecule has 6 heteroatoms. The molecule has 0 fully saturated rings. The SMILES string of the molecule is COc1c(Br)cc2sc(NC=O)nc2c1C. The number of amides is 1. The van der Waals surface area contributed by atoms with Gasteiger partial charge in [0.15, 0.2) is 5.13 Å². The van der Waals surface area contributed by atoms with E-state index in [-0.39, 0.29) is 0 Å². The van der Waals surface area contributed by atoms with Crippen LogP contribution in [0.15, 0.2) is 10.5 Å². The van der Waals surface area contributed by atoms with Crippen LogP contribution < -0.4 is 10.1 Å². The van der Waals surface area contributed by atoms with E-state index in [1.54, 1.807) is 7.11 Å². The monoisotopic (exact) mass is 300 g/mol. The van der Waals surface area contributed by atoms with Gasteiger partial charge in [-0.3, -0.25) is 4.79 Å². The number of aromatic nitrogens is 1. The van der Waals surface area contributed by atoms with Crippen LogP contribution in [0.25, 0.3) is 10.2 Å². The summed E-state index contributed by atoms with van der Waals surface area (Å²) in [6, 6.07) is 1.94. The molecule has 0 atom stereocenters. The van der Waals surface area contributed by atoms with E-state index in [1.165, 1.54) is 11.3 Å². The quantitative estimate of drug-likeness (QED) is 0.887. The van der Waals surface area contributed by atoms with Crippen LogP contribution in [0.3, 0.4) is 0 Å². The molecule has 0 saturated carbocycles. The lowest BCUT2D eigenvalue weighted by atomic mass is 10.2. The minimum Gasteiger partial charge on any atom is -0.495 e. The first-order chi connectivity index (χ1) is 7.67. The zero-order valence-electron chi connectivity index (χ0n) is 8.70. The van der Waals surface area contributed by atoms with Gasteiger partial charge < -0.3 is 10.1 Å². The second kappa shape index (κ2) is 4.39. The Bertz CT molecular complexity index is 553. The molecular formula is C10H9BrN2O2S. The molecule has 0 aliphatic heterocycles. The van der Waals surface area contributed by atoms with Crippen molar-refractivity contribution in [2.45, 2.75) is 6.92 Å². The highest BCUT2D eigenvalue weighted by atomic mass is 79.9. The molecule has 2 rings (SSSR count). The average molecular weight is 301 g/mol. The van der Waals surface area contributed by atoms with Crippen molar-refractivity contribution in [3.63, 3.8) is 0 Å². The summed E-state index contributed by atoms with van der Waals surface area (Å²) in [5.74, 6) is 0.774. The molecule has 1 aromatic heterocycles. The number of hydrogen-bond acceptors (Lipinski definition) is 4. The first kappa shape index (κ1) is 11.3. The predicted molar refractivity (Wildman–Crippen MR) is 68.3 cm³/mol.